The van der Waals surface area contributed by atoms with Crippen LogP contribution in [0.1, 0.15) is 38.7 Å². The van der Waals surface area contributed by atoms with Gasteiger partial charge in [-0.05, 0) is 30.4 Å². The Morgan fingerprint density at radius 2 is 2.08 bits per heavy atom. The van der Waals surface area contributed by atoms with Crippen LogP contribution in [0.25, 0.3) is 0 Å². The van der Waals surface area contributed by atoms with Gasteiger partial charge >= 0.3 is 5.97 Å². The van der Waals surface area contributed by atoms with Gasteiger partial charge in [0, 0.05) is 25.2 Å². The van der Waals surface area contributed by atoms with E-state index in [1.807, 2.05) is 32.0 Å². The average Bonchev–Trinajstić information content (AvgIpc) is 3.22. The first-order valence-corrected chi connectivity index (χ1v) is 8.76. The van der Waals surface area contributed by atoms with Gasteiger partial charge in [0.1, 0.15) is 0 Å². The first-order valence-electron chi connectivity index (χ1n) is 8.76. The lowest BCUT2D eigenvalue weighted by atomic mass is 9.89. The predicted molar refractivity (Wildman–Crippen MR) is 92.7 cm³/mol. The molecule has 0 bridgehead atoms. The van der Waals surface area contributed by atoms with Crippen molar-refractivity contribution >= 4 is 23.5 Å². The van der Waals surface area contributed by atoms with Crippen LogP contribution in [0.2, 0.25) is 0 Å². The largest absolute Gasteiger partial charge is 0.481 e. The number of hydrogen-bond donors (Lipinski definition) is 2. The van der Waals surface area contributed by atoms with Crippen LogP contribution < -0.4 is 5.32 Å². The van der Waals surface area contributed by atoms with Gasteiger partial charge in [-0.15, -0.1) is 0 Å². The Balaban J connectivity index is 1.72. The lowest BCUT2D eigenvalue weighted by Crippen LogP contribution is -2.29. The molecular formula is C19H24N2O4. The molecule has 2 unspecified atom stereocenters. The summed E-state index contributed by atoms with van der Waals surface area (Å²) in [4.78, 5) is 37.8. The molecule has 2 aliphatic rings. The van der Waals surface area contributed by atoms with Crippen molar-refractivity contribution in [2.75, 3.05) is 11.9 Å². The molecule has 6 nitrogen and oxygen atoms in total. The van der Waals surface area contributed by atoms with Gasteiger partial charge in [-0.1, -0.05) is 32.0 Å². The van der Waals surface area contributed by atoms with Gasteiger partial charge in [0.25, 0.3) is 0 Å². The van der Waals surface area contributed by atoms with Crippen LogP contribution >= 0.6 is 0 Å². The molecule has 1 aliphatic carbocycles. The van der Waals surface area contributed by atoms with E-state index >= 15 is 0 Å². The highest BCUT2D eigenvalue weighted by Crippen LogP contribution is 2.58. The van der Waals surface area contributed by atoms with Crippen LogP contribution in [-0.2, 0) is 20.9 Å². The Kier molecular flexibility index (Phi) is 4.54. The summed E-state index contributed by atoms with van der Waals surface area (Å²) < 4.78 is 0. The van der Waals surface area contributed by atoms with Crippen LogP contribution in [-0.4, -0.2) is 34.3 Å². The molecule has 134 valence electrons. The smallest absolute Gasteiger partial charge is 0.310 e. The van der Waals surface area contributed by atoms with Crippen molar-refractivity contribution in [2.24, 2.45) is 17.3 Å². The summed E-state index contributed by atoms with van der Waals surface area (Å²) in [5.74, 6) is -1.63. The number of carbonyl (C=O) groups excluding carboxylic acids is 2. The molecule has 1 saturated heterocycles. The number of anilines is 1. The summed E-state index contributed by atoms with van der Waals surface area (Å²) in [6.45, 7) is 4.89. The number of carboxylic acid groups (broad SMARTS) is 1. The fourth-order valence-corrected chi connectivity index (χ4v) is 3.80. The van der Waals surface area contributed by atoms with Crippen molar-refractivity contribution < 1.29 is 19.5 Å². The fourth-order valence-electron chi connectivity index (χ4n) is 3.80. The Bertz CT molecular complexity index is 715. The summed E-state index contributed by atoms with van der Waals surface area (Å²) in [6, 6.07) is 7.39. The standard InChI is InChI=1S/C19H24N2O4/c1-12(2)19(18(24)25)10-14(19)17(23)20-15-7-4-3-6-13(15)11-21-9-5-8-16(21)22/h3-4,6-7,12,14H,5,8-11H2,1-2H3,(H,20,23)(H,24,25). The predicted octanol–water partition coefficient (Wildman–Crippen LogP) is 2.49. The highest BCUT2D eigenvalue weighted by molar-refractivity contribution is 6.00. The third kappa shape index (κ3) is 3.13. The van der Waals surface area contributed by atoms with Crippen molar-refractivity contribution in [2.45, 2.75) is 39.7 Å². The minimum Gasteiger partial charge on any atom is -0.481 e. The number of rotatable bonds is 6. The number of aliphatic carboxylic acids is 1. The van der Waals surface area contributed by atoms with Gasteiger partial charge in [0.15, 0.2) is 0 Å². The first-order chi connectivity index (χ1) is 11.9. The van der Waals surface area contributed by atoms with E-state index in [0.717, 1.165) is 18.5 Å². The molecular weight excluding hydrogens is 320 g/mol. The Hall–Kier alpha value is -2.37. The quantitative estimate of drug-likeness (QED) is 0.830. The zero-order valence-electron chi connectivity index (χ0n) is 14.6. The molecule has 0 radical (unpaired) electrons. The summed E-state index contributed by atoms with van der Waals surface area (Å²) in [5.41, 5.74) is 0.573. The second-order valence-corrected chi connectivity index (χ2v) is 7.32. The summed E-state index contributed by atoms with van der Waals surface area (Å²) in [5, 5.41) is 12.4. The Labute approximate surface area is 147 Å². The van der Waals surface area contributed by atoms with Crippen molar-refractivity contribution in [3.8, 4) is 0 Å². The number of hydrogen-bond acceptors (Lipinski definition) is 3. The molecule has 2 atom stereocenters. The van der Waals surface area contributed by atoms with E-state index in [1.54, 1.807) is 11.0 Å². The first kappa shape index (κ1) is 17.5. The minimum absolute atomic E-state index is 0.0989. The number of para-hydroxylation sites is 1. The van der Waals surface area contributed by atoms with Crippen molar-refractivity contribution in [3.63, 3.8) is 0 Å². The summed E-state index contributed by atoms with van der Waals surface area (Å²) in [7, 11) is 0. The monoisotopic (exact) mass is 344 g/mol. The third-order valence-corrected chi connectivity index (χ3v) is 5.56. The summed E-state index contributed by atoms with van der Waals surface area (Å²) in [6.07, 6.45) is 1.82. The highest BCUT2D eigenvalue weighted by atomic mass is 16.4. The van der Waals surface area contributed by atoms with Crippen LogP contribution in [0.4, 0.5) is 5.69 Å². The molecule has 2 N–H and O–H groups in total. The van der Waals surface area contributed by atoms with Gasteiger partial charge < -0.3 is 15.3 Å². The van der Waals surface area contributed by atoms with Gasteiger partial charge in [-0.2, -0.15) is 0 Å². The molecule has 0 aromatic heterocycles. The van der Waals surface area contributed by atoms with E-state index in [2.05, 4.69) is 5.32 Å². The van der Waals surface area contributed by atoms with Crippen LogP contribution in [0, 0.1) is 17.3 Å². The Morgan fingerprint density at radius 3 is 2.64 bits per heavy atom. The number of benzene rings is 1. The number of carbonyl (C=O) groups is 3. The maximum absolute atomic E-state index is 12.6. The average molecular weight is 344 g/mol. The number of nitrogens with zero attached hydrogens (tertiary/aromatic N) is 1. The number of nitrogens with one attached hydrogen (secondary N) is 1. The van der Waals surface area contributed by atoms with E-state index in [0.29, 0.717) is 25.1 Å². The molecule has 1 heterocycles. The molecule has 3 rings (SSSR count). The van der Waals surface area contributed by atoms with Gasteiger partial charge in [-0.3, -0.25) is 14.4 Å². The second kappa shape index (κ2) is 6.50. The summed E-state index contributed by atoms with van der Waals surface area (Å²) >= 11 is 0. The van der Waals surface area contributed by atoms with Crippen LogP contribution in [0.3, 0.4) is 0 Å². The van der Waals surface area contributed by atoms with E-state index < -0.39 is 17.3 Å². The lowest BCUT2D eigenvalue weighted by Gasteiger charge is -2.19. The molecule has 0 spiro atoms. The number of likely N-dealkylation sites (tertiary alicyclic amines) is 1. The van der Waals surface area contributed by atoms with Crippen molar-refractivity contribution in [3.05, 3.63) is 29.8 Å². The third-order valence-electron chi connectivity index (χ3n) is 5.56. The van der Waals surface area contributed by atoms with Crippen molar-refractivity contribution in [1.82, 2.24) is 4.90 Å². The molecule has 25 heavy (non-hydrogen) atoms. The lowest BCUT2D eigenvalue weighted by molar-refractivity contribution is -0.147. The van der Waals surface area contributed by atoms with E-state index in [4.69, 9.17) is 0 Å². The van der Waals surface area contributed by atoms with E-state index in [1.165, 1.54) is 0 Å². The molecule has 1 saturated carbocycles. The SMILES string of the molecule is CC(C)C1(C(=O)O)CC1C(=O)Nc1ccccc1CN1CCCC1=O. The number of amides is 2. The van der Waals surface area contributed by atoms with Crippen LogP contribution in [0.5, 0.6) is 0 Å². The maximum Gasteiger partial charge on any atom is 0.310 e. The fraction of sp³-hybridized carbons (Fsp3) is 0.526. The minimum atomic E-state index is -0.954. The van der Waals surface area contributed by atoms with Gasteiger partial charge in [0.2, 0.25) is 11.8 Å². The van der Waals surface area contributed by atoms with Crippen molar-refractivity contribution in [1.29, 1.82) is 0 Å². The van der Waals surface area contributed by atoms with Gasteiger partial charge in [0.05, 0.1) is 11.3 Å². The Morgan fingerprint density at radius 1 is 1.36 bits per heavy atom. The van der Waals surface area contributed by atoms with E-state index in [-0.39, 0.29) is 17.7 Å². The topological polar surface area (TPSA) is 86.7 Å². The van der Waals surface area contributed by atoms with Crippen LogP contribution in [0.15, 0.2) is 24.3 Å². The maximum atomic E-state index is 12.6. The zero-order chi connectivity index (χ0) is 18.2. The molecule has 2 fully saturated rings. The second-order valence-electron chi connectivity index (χ2n) is 7.32. The molecule has 6 heteroatoms. The molecule has 1 aliphatic heterocycles. The normalized spacial score (nSPS) is 25.3. The van der Waals surface area contributed by atoms with E-state index in [9.17, 15) is 19.5 Å². The van der Waals surface area contributed by atoms with Gasteiger partial charge in [-0.25, -0.2) is 0 Å². The number of carboxylic acids is 1. The highest BCUT2D eigenvalue weighted by Gasteiger charge is 2.65. The zero-order valence-corrected chi connectivity index (χ0v) is 14.6. The molecule has 1 aromatic rings. The molecule has 1 aromatic carbocycles. The molecule has 2 amide bonds.